The summed E-state index contributed by atoms with van der Waals surface area (Å²) in [6, 6.07) is 6.50. The first-order valence-corrected chi connectivity index (χ1v) is 7.82. The van der Waals surface area contributed by atoms with Crippen molar-refractivity contribution in [1.29, 1.82) is 0 Å². The minimum atomic E-state index is 0.325. The van der Waals surface area contributed by atoms with E-state index in [4.69, 9.17) is 16.3 Å². The summed E-state index contributed by atoms with van der Waals surface area (Å²) in [5.41, 5.74) is 2.69. The maximum atomic E-state index is 6.06. The zero-order valence-corrected chi connectivity index (χ0v) is 12.3. The second kappa shape index (κ2) is 5.72. The molecule has 2 aliphatic rings. The summed E-state index contributed by atoms with van der Waals surface area (Å²) in [5, 5.41) is 0. The van der Waals surface area contributed by atoms with Gasteiger partial charge in [-0.1, -0.05) is 17.7 Å². The van der Waals surface area contributed by atoms with Crippen molar-refractivity contribution in [3.63, 3.8) is 0 Å². The zero-order valence-electron chi connectivity index (χ0n) is 11.6. The molecule has 2 atom stereocenters. The van der Waals surface area contributed by atoms with Crippen LogP contribution in [0.25, 0.3) is 0 Å². The third kappa shape index (κ3) is 3.06. The van der Waals surface area contributed by atoms with E-state index < -0.39 is 0 Å². The van der Waals surface area contributed by atoms with Crippen LogP contribution in [0.4, 0.5) is 0 Å². The van der Waals surface area contributed by atoms with E-state index >= 15 is 0 Å². The molecule has 0 aliphatic carbocycles. The summed E-state index contributed by atoms with van der Waals surface area (Å²) in [4.78, 5) is 2.53. The smallest absolute Gasteiger partial charge is 0.123 e. The molecule has 0 spiro atoms. The third-order valence-corrected chi connectivity index (χ3v) is 4.68. The molecule has 0 radical (unpaired) electrons. The number of ether oxygens (including phenoxy) is 1. The normalized spacial score (nSPS) is 27.1. The quantitative estimate of drug-likeness (QED) is 0.788. The molecule has 1 aromatic rings. The van der Waals surface area contributed by atoms with Crippen LogP contribution in [0.1, 0.15) is 24.0 Å². The highest BCUT2D eigenvalue weighted by Crippen LogP contribution is 2.30. The third-order valence-electron chi connectivity index (χ3n) is 4.24. The molecule has 1 fully saturated rings. The van der Waals surface area contributed by atoms with E-state index in [2.05, 4.69) is 30.0 Å². The standard InChI is InChI=1S/C16H22ClNO/c1-12-4-5-16-14(7-12)8-15(19-16)11-18-6-2-3-13(9-17)10-18/h4-5,7,13,15H,2-3,6,8-11H2,1H3. The average Bonchev–Trinajstić information content (AvgIpc) is 2.80. The fourth-order valence-corrected chi connectivity index (χ4v) is 3.53. The van der Waals surface area contributed by atoms with E-state index in [1.807, 2.05) is 0 Å². The van der Waals surface area contributed by atoms with Crippen LogP contribution in [-0.2, 0) is 6.42 Å². The van der Waals surface area contributed by atoms with Crippen LogP contribution >= 0.6 is 11.6 Å². The Balaban J connectivity index is 1.58. The Hall–Kier alpha value is -0.730. The van der Waals surface area contributed by atoms with Gasteiger partial charge in [-0.05, 0) is 43.9 Å². The van der Waals surface area contributed by atoms with Gasteiger partial charge in [0.1, 0.15) is 11.9 Å². The Morgan fingerprint density at radius 3 is 3.16 bits per heavy atom. The lowest BCUT2D eigenvalue weighted by atomic mass is 9.99. The summed E-state index contributed by atoms with van der Waals surface area (Å²) >= 11 is 5.99. The van der Waals surface area contributed by atoms with Crippen molar-refractivity contribution >= 4 is 11.6 Å². The summed E-state index contributed by atoms with van der Waals surface area (Å²) in [6.07, 6.45) is 3.94. The summed E-state index contributed by atoms with van der Waals surface area (Å²) in [6.45, 7) is 5.52. The van der Waals surface area contributed by atoms with Crippen LogP contribution in [0.2, 0.25) is 0 Å². The minimum absolute atomic E-state index is 0.325. The second-order valence-electron chi connectivity index (χ2n) is 5.98. The predicted molar refractivity (Wildman–Crippen MR) is 79.2 cm³/mol. The van der Waals surface area contributed by atoms with Gasteiger partial charge in [-0.15, -0.1) is 11.6 Å². The SMILES string of the molecule is Cc1ccc2c(c1)CC(CN1CCCC(CCl)C1)O2. The van der Waals surface area contributed by atoms with Gasteiger partial charge in [-0.2, -0.15) is 0 Å². The monoisotopic (exact) mass is 279 g/mol. The largest absolute Gasteiger partial charge is 0.488 e. The van der Waals surface area contributed by atoms with Crippen molar-refractivity contribution in [2.75, 3.05) is 25.5 Å². The van der Waals surface area contributed by atoms with E-state index in [0.29, 0.717) is 12.0 Å². The molecule has 1 saturated heterocycles. The highest BCUT2D eigenvalue weighted by molar-refractivity contribution is 6.18. The van der Waals surface area contributed by atoms with E-state index in [1.165, 1.54) is 30.5 Å². The summed E-state index contributed by atoms with van der Waals surface area (Å²) in [7, 11) is 0. The van der Waals surface area contributed by atoms with Gasteiger partial charge in [-0.3, -0.25) is 4.90 Å². The molecular formula is C16H22ClNO. The molecule has 0 aromatic heterocycles. The summed E-state index contributed by atoms with van der Waals surface area (Å²) < 4.78 is 6.06. The van der Waals surface area contributed by atoms with Gasteiger partial charge in [0.2, 0.25) is 0 Å². The van der Waals surface area contributed by atoms with Crippen molar-refractivity contribution in [2.24, 2.45) is 5.92 Å². The van der Waals surface area contributed by atoms with Crippen LogP contribution < -0.4 is 4.74 Å². The molecule has 0 N–H and O–H groups in total. The Kier molecular flexibility index (Phi) is 3.99. The van der Waals surface area contributed by atoms with Crippen LogP contribution in [0.3, 0.4) is 0 Å². The number of rotatable bonds is 3. The van der Waals surface area contributed by atoms with E-state index in [1.54, 1.807) is 0 Å². The van der Waals surface area contributed by atoms with Crippen LogP contribution in [0.15, 0.2) is 18.2 Å². The van der Waals surface area contributed by atoms with E-state index in [-0.39, 0.29) is 0 Å². The number of likely N-dealkylation sites (tertiary alicyclic amines) is 1. The maximum Gasteiger partial charge on any atom is 0.123 e. The molecule has 2 unspecified atom stereocenters. The van der Waals surface area contributed by atoms with Gasteiger partial charge in [0.25, 0.3) is 0 Å². The van der Waals surface area contributed by atoms with Crippen molar-refractivity contribution in [3.05, 3.63) is 29.3 Å². The van der Waals surface area contributed by atoms with Crippen molar-refractivity contribution in [2.45, 2.75) is 32.3 Å². The highest BCUT2D eigenvalue weighted by Gasteiger charge is 2.27. The topological polar surface area (TPSA) is 12.5 Å². The zero-order chi connectivity index (χ0) is 13.2. The van der Waals surface area contributed by atoms with Crippen molar-refractivity contribution in [3.8, 4) is 5.75 Å². The predicted octanol–water partition coefficient (Wildman–Crippen LogP) is 3.25. The van der Waals surface area contributed by atoms with Gasteiger partial charge in [0, 0.05) is 25.4 Å². The van der Waals surface area contributed by atoms with Crippen LogP contribution in [-0.4, -0.2) is 36.5 Å². The molecule has 3 rings (SSSR count). The molecule has 0 amide bonds. The van der Waals surface area contributed by atoms with Crippen molar-refractivity contribution in [1.82, 2.24) is 4.90 Å². The molecule has 0 bridgehead atoms. The number of alkyl halides is 1. The Labute approximate surface area is 120 Å². The van der Waals surface area contributed by atoms with Gasteiger partial charge in [0.05, 0.1) is 0 Å². The molecule has 3 heteroatoms. The van der Waals surface area contributed by atoms with E-state index in [9.17, 15) is 0 Å². The Morgan fingerprint density at radius 1 is 1.42 bits per heavy atom. The second-order valence-corrected chi connectivity index (χ2v) is 6.29. The number of aryl methyl sites for hydroxylation is 1. The van der Waals surface area contributed by atoms with Gasteiger partial charge < -0.3 is 4.74 Å². The first-order valence-electron chi connectivity index (χ1n) is 7.29. The lowest BCUT2D eigenvalue weighted by Gasteiger charge is -2.33. The Bertz CT molecular complexity index is 448. The lowest BCUT2D eigenvalue weighted by molar-refractivity contribution is 0.116. The number of fused-ring (bicyclic) bond motifs is 1. The fourth-order valence-electron chi connectivity index (χ4n) is 3.28. The number of piperidine rings is 1. The Morgan fingerprint density at radius 2 is 2.32 bits per heavy atom. The number of nitrogens with zero attached hydrogens (tertiary/aromatic N) is 1. The van der Waals surface area contributed by atoms with Gasteiger partial charge in [0.15, 0.2) is 0 Å². The van der Waals surface area contributed by atoms with Gasteiger partial charge >= 0.3 is 0 Å². The van der Waals surface area contributed by atoms with Crippen LogP contribution in [0, 0.1) is 12.8 Å². The molecule has 2 heterocycles. The molecule has 0 saturated carbocycles. The molecule has 104 valence electrons. The van der Waals surface area contributed by atoms with Crippen LogP contribution in [0.5, 0.6) is 5.75 Å². The van der Waals surface area contributed by atoms with Crippen molar-refractivity contribution < 1.29 is 4.74 Å². The molecule has 2 nitrogen and oxygen atoms in total. The minimum Gasteiger partial charge on any atom is -0.488 e. The first kappa shape index (κ1) is 13.3. The molecular weight excluding hydrogens is 258 g/mol. The molecule has 2 aliphatic heterocycles. The van der Waals surface area contributed by atoms with E-state index in [0.717, 1.165) is 31.1 Å². The molecule has 19 heavy (non-hydrogen) atoms. The average molecular weight is 280 g/mol. The summed E-state index contributed by atoms with van der Waals surface area (Å²) in [5.74, 6) is 2.55. The number of hydrogen-bond donors (Lipinski definition) is 0. The number of benzene rings is 1. The number of halogens is 1. The highest BCUT2D eigenvalue weighted by atomic mass is 35.5. The fraction of sp³-hybridized carbons (Fsp3) is 0.625. The first-order chi connectivity index (χ1) is 9.24. The molecule has 1 aromatic carbocycles. The number of hydrogen-bond acceptors (Lipinski definition) is 2. The van der Waals surface area contributed by atoms with Gasteiger partial charge in [-0.25, -0.2) is 0 Å². The maximum absolute atomic E-state index is 6.06. The lowest BCUT2D eigenvalue weighted by Crippen LogP contribution is -2.41.